The first-order valence-electron chi connectivity index (χ1n) is 6.98. The summed E-state index contributed by atoms with van der Waals surface area (Å²) in [6.07, 6.45) is 1.63. The second-order valence-corrected chi connectivity index (χ2v) is 6.33. The first-order valence-corrected chi connectivity index (χ1v) is 6.98. The van der Waals surface area contributed by atoms with Crippen molar-refractivity contribution in [2.75, 3.05) is 0 Å². The van der Waals surface area contributed by atoms with Gasteiger partial charge in [-0.3, -0.25) is 0 Å². The summed E-state index contributed by atoms with van der Waals surface area (Å²) in [7, 11) is -0.524. The molecular formula is C16H18BFO3. The number of rotatable bonds is 2. The number of furan rings is 1. The molecule has 1 aliphatic rings. The van der Waals surface area contributed by atoms with Crippen LogP contribution in [-0.2, 0) is 9.31 Å². The highest BCUT2D eigenvalue weighted by Gasteiger charge is 2.53. The van der Waals surface area contributed by atoms with E-state index in [1.54, 1.807) is 18.4 Å². The molecule has 110 valence electrons. The molecule has 0 unspecified atom stereocenters. The largest absolute Gasteiger partial charge is 0.532 e. The lowest BCUT2D eigenvalue weighted by Gasteiger charge is -2.32. The van der Waals surface area contributed by atoms with Crippen LogP contribution in [0.4, 0.5) is 4.39 Å². The van der Waals surface area contributed by atoms with Crippen molar-refractivity contribution in [3.63, 3.8) is 0 Å². The zero-order valence-corrected chi connectivity index (χ0v) is 12.6. The SMILES string of the molecule is CC1(C)OB(c2cc(-c3ccc(F)cc3)co2)OC1(C)C. The molecule has 0 bridgehead atoms. The topological polar surface area (TPSA) is 31.6 Å². The van der Waals surface area contributed by atoms with Crippen LogP contribution in [0.1, 0.15) is 27.7 Å². The molecule has 2 heterocycles. The van der Waals surface area contributed by atoms with E-state index in [0.29, 0.717) is 5.66 Å². The Morgan fingerprint density at radius 3 is 2.05 bits per heavy atom. The van der Waals surface area contributed by atoms with E-state index in [4.69, 9.17) is 13.7 Å². The predicted molar refractivity (Wildman–Crippen MR) is 79.8 cm³/mol. The van der Waals surface area contributed by atoms with Gasteiger partial charge in [0, 0.05) is 5.56 Å². The van der Waals surface area contributed by atoms with Crippen LogP contribution in [-0.4, -0.2) is 18.3 Å². The van der Waals surface area contributed by atoms with Crippen molar-refractivity contribution in [3.8, 4) is 11.1 Å². The molecule has 5 heteroatoms. The Morgan fingerprint density at radius 1 is 0.905 bits per heavy atom. The Hall–Kier alpha value is -1.59. The minimum atomic E-state index is -0.524. The summed E-state index contributed by atoms with van der Waals surface area (Å²) in [4.78, 5) is 0. The maximum absolute atomic E-state index is 13.0. The van der Waals surface area contributed by atoms with E-state index < -0.39 is 18.3 Å². The molecule has 0 spiro atoms. The molecule has 1 aromatic heterocycles. The van der Waals surface area contributed by atoms with E-state index in [0.717, 1.165) is 11.1 Å². The normalized spacial score (nSPS) is 20.0. The van der Waals surface area contributed by atoms with Crippen molar-refractivity contribution in [1.29, 1.82) is 0 Å². The fraction of sp³-hybridized carbons (Fsp3) is 0.375. The van der Waals surface area contributed by atoms with E-state index in [1.807, 2.05) is 33.8 Å². The summed E-state index contributed by atoms with van der Waals surface area (Å²) in [5, 5.41) is 0. The van der Waals surface area contributed by atoms with Crippen LogP contribution in [0.25, 0.3) is 11.1 Å². The molecule has 1 saturated heterocycles. The van der Waals surface area contributed by atoms with E-state index in [-0.39, 0.29) is 5.82 Å². The van der Waals surface area contributed by atoms with Gasteiger partial charge in [0.1, 0.15) is 11.5 Å². The van der Waals surface area contributed by atoms with Crippen molar-refractivity contribution in [1.82, 2.24) is 0 Å². The van der Waals surface area contributed by atoms with Crippen molar-refractivity contribution in [3.05, 3.63) is 42.4 Å². The lowest BCUT2D eigenvalue weighted by atomic mass is 9.85. The minimum absolute atomic E-state index is 0.256. The third-order valence-electron chi connectivity index (χ3n) is 4.28. The first kappa shape index (κ1) is 14.4. The Labute approximate surface area is 124 Å². The number of halogens is 1. The van der Waals surface area contributed by atoms with Crippen LogP contribution in [0.5, 0.6) is 0 Å². The van der Waals surface area contributed by atoms with Crippen molar-refractivity contribution in [2.24, 2.45) is 0 Å². The van der Waals surface area contributed by atoms with Crippen molar-refractivity contribution >= 4 is 12.8 Å². The van der Waals surface area contributed by atoms with Gasteiger partial charge in [-0.2, -0.15) is 0 Å². The average molecular weight is 288 g/mol. The molecule has 1 aromatic carbocycles. The molecule has 3 rings (SSSR count). The molecule has 0 radical (unpaired) electrons. The second-order valence-electron chi connectivity index (χ2n) is 6.33. The Morgan fingerprint density at radius 2 is 1.48 bits per heavy atom. The number of hydrogen-bond donors (Lipinski definition) is 0. The van der Waals surface area contributed by atoms with Crippen molar-refractivity contribution in [2.45, 2.75) is 38.9 Å². The molecule has 0 aliphatic carbocycles. The maximum Gasteiger partial charge on any atom is 0.532 e. The molecule has 1 aliphatic heterocycles. The van der Waals surface area contributed by atoms with Crippen LogP contribution in [0, 0.1) is 5.82 Å². The van der Waals surface area contributed by atoms with Gasteiger partial charge in [-0.25, -0.2) is 4.39 Å². The van der Waals surface area contributed by atoms with E-state index in [2.05, 4.69) is 0 Å². The molecule has 2 aromatic rings. The van der Waals surface area contributed by atoms with Crippen LogP contribution >= 0.6 is 0 Å². The first-order chi connectivity index (χ1) is 9.78. The van der Waals surface area contributed by atoms with Crippen molar-refractivity contribution < 1.29 is 18.1 Å². The minimum Gasteiger partial charge on any atom is -0.472 e. The smallest absolute Gasteiger partial charge is 0.472 e. The number of benzene rings is 1. The summed E-state index contributed by atoms with van der Waals surface area (Å²) in [5.41, 5.74) is 1.58. The van der Waals surface area contributed by atoms with Gasteiger partial charge >= 0.3 is 7.12 Å². The standard InChI is InChI=1S/C16H18BFO3/c1-15(2)16(3,4)21-17(20-15)14-9-12(10-19-14)11-5-7-13(18)8-6-11/h5-10H,1-4H3. The average Bonchev–Trinajstić information content (AvgIpc) is 2.94. The van der Waals surface area contributed by atoms with Gasteiger partial charge in [-0.15, -0.1) is 0 Å². The van der Waals surface area contributed by atoms with Gasteiger partial charge in [-0.1, -0.05) is 12.1 Å². The van der Waals surface area contributed by atoms with Crippen LogP contribution < -0.4 is 5.66 Å². The van der Waals surface area contributed by atoms with Crippen LogP contribution in [0.3, 0.4) is 0 Å². The lowest BCUT2D eigenvalue weighted by molar-refractivity contribution is 0.00578. The van der Waals surface area contributed by atoms with Crippen LogP contribution in [0.15, 0.2) is 41.0 Å². The van der Waals surface area contributed by atoms with Gasteiger partial charge in [0.15, 0.2) is 0 Å². The summed E-state index contributed by atoms with van der Waals surface area (Å²) in [5.74, 6) is -0.256. The van der Waals surface area contributed by atoms with E-state index in [9.17, 15) is 4.39 Å². The van der Waals surface area contributed by atoms with Gasteiger partial charge in [-0.05, 0) is 51.5 Å². The molecule has 0 amide bonds. The molecular weight excluding hydrogens is 270 g/mol. The number of hydrogen-bond acceptors (Lipinski definition) is 3. The fourth-order valence-corrected chi connectivity index (χ4v) is 2.23. The van der Waals surface area contributed by atoms with E-state index >= 15 is 0 Å². The van der Waals surface area contributed by atoms with Crippen LogP contribution in [0.2, 0.25) is 0 Å². The molecule has 0 atom stereocenters. The molecule has 1 fully saturated rings. The Kier molecular flexibility index (Phi) is 3.22. The fourth-order valence-electron chi connectivity index (χ4n) is 2.23. The highest BCUT2D eigenvalue weighted by atomic mass is 19.1. The predicted octanol–water partition coefficient (Wildman–Crippen LogP) is 3.38. The van der Waals surface area contributed by atoms with E-state index in [1.165, 1.54) is 12.1 Å². The Bertz CT molecular complexity index is 630. The summed E-state index contributed by atoms with van der Waals surface area (Å²) in [6, 6.07) is 8.16. The lowest BCUT2D eigenvalue weighted by Crippen LogP contribution is -2.41. The highest BCUT2D eigenvalue weighted by Crippen LogP contribution is 2.36. The van der Waals surface area contributed by atoms with Gasteiger partial charge < -0.3 is 13.7 Å². The Balaban J connectivity index is 1.85. The zero-order chi connectivity index (χ0) is 15.3. The summed E-state index contributed by atoms with van der Waals surface area (Å²) in [6.45, 7) is 7.99. The van der Waals surface area contributed by atoms with Gasteiger partial charge in [0.2, 0.25) is 0 Å². The molecule has 21 heavy (non-hydrogen) atoms. The molecule has 0 saturated carbocycles. The maximum atomic E-state index is 13.0. The zero-order valence-electron chi connectivity index (χ0n) is 12.6. The molecule has 3 nitrogen and oxygen atoms in total. The monoisotopic (exact) mass is 288 g/mol. The third kappa shape index (κ3) is 2.52. The second kappa shape index (κ2) is 4.72. The quantitative estimate of drug-likeness (QED) is 0.794. The highest BCUT2D eigenvalue weighted by molar-refractivity contribution is 6.60. The molecule has 0 N–H and O–H groups in total. The van der Waals surface area contributed by atoms with Gasteiger partial charge in [0.25, 0.3) is 0 Å². The summed E-state index contributed by atoms with van der Waals surface area (Å²) < 4.78 is 30.4. The van der Waals surface area contributed by atoms with Gasteiger partial charge in [0.05, 0.1) is 17.5 Å². The third-order valence-corrected chi connectivity index (χ3v) is 4.28. The summed E-state index contributed by atoms with van der Waals surface area (Å²) >= 11 is 0.